The highest BCUT2D eigenvalue weighted by Gasteiger charge is 2.96. The molecule has 0 unspecified atom stereocenters. The first-order chi connectivity index (χ1) is 14.2. The van der Waals surface area contributed by atoms with Crippen LogP contribution in [0.2, 0.25) is 0 Å². The van der Waals surface area contributed by atoms with Crippen LogP contribution >= 0.6 is 0 Å². The van der Waals surface area contributed by atoms with Crippen molar-refractivity contribution in [3.05, 3.63) is 29.3 Å². The van der Waals surface area contributed by atoms with Crippen molar-refractivity contribution in [1.82, 2.24) is 0 Å². The molecule has 0 N–H and O–H groups in total. The van der Waals surface area contributed by atoms with E-state index in [1.807, 2.05) is 6.07 Å². The summed E-state index contributed by atoms with van der Waals surface area (Å²) in [5.74, 6) is 0.787. The van der Waals surface area contributed by atoms with Crippen molar-refractivity contribution in [2.45, 2.75) is 76.3 Å². The number of aryl methyl sites for hydroxylation is 1. The van der Waals surface area contributed by atoms with Gasteiger partial charge in [0.05, 0.1) is 7.11 Å². The molecule has 160 valence electrons. The molecule has 0 radical (unpaired) electrons. The molecule has 1 aliphatic heterocycles. The molecule has 7 atom stereocenters. The van der Waals surface area contributed by atoms with E-state index < -0.39 is 11.7 Å². The molecule has 1 aromatic carbocycles. The summed E-state index contributed by atoms with van der Waals surface area (Å²) >= 11 is 0. The van der Waals surface area contributed by atoms with Crippen molar-refractivity contribution in [3.8, 4) is 5.75 Å². The Hall–Kier alpha value is -2.08. The largest absolute Gasteiger partial charge is 0.497 e. The van der Waals surface area contributed by atoms with Crippen molar-refractivity contribution in [2.75, 3.05) is 7.11 Å². The molecule has 0 bridgehead atoms. The Bertz CT molecular complexity index is 988. The number of ether oxygens (including phenoxy) is 4. The van der Waals surface area contributed by atoms with Gasteiger partial charge in [0.2, 0.25) is 0 Å². The lowest BCUT2D eigenvalue weighted by molar-refractivity contribution is -0.170. The van der Waals surface area contributed by atoms with E-state index in [1.54, 1.807) is 7.11 Å². The smallest absolute Gasteiger partial charge is 0.303 e. The van der Waals surface area contributed by atoms with E-state index in [0.717, 1.165) is 37.0 Å². The summed E-state index contributed by atoms with van der Waals surface area (Å²) in [5.41, 5.74) is 1.12. The zero-order chi connectivity index (χ0) is 21.1. The van der Waals surface area contributed by atoms with Gasteiger partial charge in [-0.05, 0) is 61.3 Å². The second-order valence-corrected chi connectivity index (χ2v) is 10.1. The van der Waals surface area contributed by atoms with E-state index in [2.05, 4.69) is 19.1 Å². The van der Waals surface area contributed by atoms with Gasteiger partial charge in [-0.3, -0.25) is 9.59 Å². The summed E-state index contributed by atoms with van der Waals surface area (Å²) in [5, 5.41) is 0. The summed E-state index contributed by atoms with van der Waals surface area (Å²) in [7, 11) is 1.68. The Morgan fingerprint density at radius 2 is 1.83 bits per heavy atom. The van der Waals surface area contributed by atoms with E-state index in [1.165, 1.54) is 19.4 Å². The number of benzene rings is 1. The Morgan fingerprint density at radius 1 is 1.10 bits per heavy atom. The fourth-order valence-corrected chi connectivity index (χ4v) is 8.10. The van der Waals surface area contributed by atoms with Gasteiger partial charge >= 0.3 is 11.9 Å². The summed E-state index contributed by atoms with van der Waals surface area (Å²) in [6.45, 7) is 5.17. The first kappa shape index (κ1) is 18.7. The van der Waals surface area contributed by atoms with Gasteiger partial charge in [-0.1, -0.05) is 13.0 Å². The van der Waals surface area contributed by atoms with E-state index in [0.29, 0.717) is 12.3 Å². The van der Waals surface area contributed by atoms with E-state index >= 15 is 0 Å². The molecule has 1 saturated heterocycles. The van der Waals surface area contributed by atoms with Gasteiger partial charge in [-0.25, -0.2) is 0 Å². The quantitative estimate of drug-likeness (QED) is 0.560. The predicted molar refractivity (Wildman–Crippen MR) is 106 cm³/mol. The average molecular weight is 412 g/mol. The molecular formula is C24H28O6. The Labute approximate surface area is 176 Å². The SMILES string of the molecule is COc1ccc2c(c1)CC[C@@]13O[C@@]21[C@H](OC(C)=O)C[C@]1(C)[C@H](OC(C)=O)C[C@@H]2C[C@]231. The highest BCUT2D eigenvalue weighted by atomic mass is 16.7. The number of carbonyl (C=O) groups is 2. The molecule has 6 nitrogen and oxygen atoms in total. The van der Waals surface area contributed by atoms with E-state index in [4.69, 9.17) is 18.9 Å². The lowest BCUT2D eigenvalue weighted by Gasteiger charge is -2.51. The Kier molecular flexibility index (Phi) is 3.36. The minimum Gasteiger partial charge on any atom is -0.497 e. The lowest BCUT2D eigenvalue weighted by Crippen LogP contribution is -2.59. The summed E-state index contributed by atoms with van der Waals surface area (Å²) in [4.78, 5) is 24.0. The number of rotatable bonds is 3. The Balaban J connectivity index is 1.50. The molecule has 4 fully saturated rings. The maximum absolute atomic E-state index is 12.1. The van der Waals surface area contributed by atoms with E-state index in [9.17, 15) is 9.59 Å². The Morgan fingerprint density at radius 3 is 2.53 bits per heavy atom. The fourth-order valence-electron chi connectivity index (χ4n) is 8.10. The maximum Gasteiger partial charge on any atom is 0.303 e. The molecule has 4 aliphatic carbocycles. The normalized spacial score (nSPS) is 46.3. The molecule has 1 aromatic rings. The molecule has 1 heterocycles. The zero-order valence-electron chi connectivity index (χ0n) is 17.9. The van der Waals surface area contributed by atoms with Gasteiger partial charge in [0.15, 0.2) is 5.60 Å². The van der Waals surface area contributed by atoms with Crippen molar-refractivity contribution >= 4 is 11.9 Å². The fraction of sp³-hybridized carbons (Fsp3) is 0.667. The highest BCUT2D eigenvalue weighted by molar-refractivity contribution is 5.68. The van der Waals surface area contributed by atoms with Crippen LogP contribution in [0.5, 0.6) is 5.75 Å². The lowest BCUT2D eigenvalue weighted by atomic mass is 9.51. The molecule has 0 aromatic heterocycles. The van der Waals surface area contributed by atoms with Gasteiger partial charge in [0, 0.05) is 24.7 Å². The molecule has 1 spiro atoms. The highest BCUT2D eigenvalue weighted by Crippen LogP contribution is 2.91. The van der Waals surface area contributed by atoms with Crippen LogP contribution in [0.4, 0.5) is 0 Å². The summed E-state index contributed by atoms with van der Waals surface area (Å²) < 4.78 is 24.1. The monoisotopic (exact) mass is 412 g/mol. The van der Waals surface area contributed by atoms with Gasteiger partial charge in [0.25, 0.3) is 0 Å². The molecule has 5 aliphatic rings. The van der Waals surface area contributed by atoms with Crippen LogP contribution in [0.3, 0.4) is 0 Å². The van der Waals surface area contributed by atoms with Gasteiger partial charge in [0.1, 0.15) is 23.6 Å². The molecule has 30 heavy (non-hydrogen) atoms. The van der Waals surface area contributed by atoms with Gasteiger partial charge in [-0.2, -0.15) is 0 Å². The number of fused-ring (bicyclic) bond motifs is 1. The van der Waals surface area contributed by atoms with Crippen LogP contribution in [-0.4, -0.2) is 36.9 Å². The molecular weight excluding hydrogens is 384 g/mol. The number of hydrogen-bond donors (Lipinski definition) is 0. The average Bonchev–Trinajstić information content (AvgIpc) is 3.56. The van der Waals surface area contributed by atoms with Crippen LogP contribution in [0.1, 0.15) is 57.6 Å². The van der Waals surface area contributed by atoms with Crippen molar-refractivity contribution in [2.24, 2.45) is 16.7 Å². The first-order valence-corrected chi connectivity index (χ1v) is 11.0. The van der Waals surface area contributed by atoms with Gasteiger partial charge < -0.3 is 18.9 Å². The van der Waals surface area contributed by atoms with Crippen molar-refractivity contribution in [1.29, 1.82) is 0 Å². The second-order valence-electron chi connectivity index (χ2n) is 10.1. The third-order valence-electron chi connectivity index (χ3n) is 9.09. The van der Waals surface area contributed by atoms with Crippen LogP contribution in [0.15, 0.2) is 18.2 Å². The summed E-state index contributed by atoms with van der Waals surface area (Å²) in [6, 6.07) is 6.16. The minimum absolute atomic E-state index is 0.0195. The third kappa shape index (κ3) is 1.82. The zero-order valence-corrected chi connectivity index (χ0v) is 17.9. The maximum atomic E-state index is 12.1. The number of methoxy groups -OCH3 is 1. The van der Waals surface area contributed by atoms with Crippen LogP contribution in [0, 0.1) is 16.7 Å². The standard InChI is InChI=1S/C24H28O6/c1-13(25)28-19-10-16-11-22(16)21(19,3)12-20(29-14(2)26)24-18-6-5-17(27-4)9-15(18)7-8-23(22,24)30-24/h5-6,9,16,19-20H,7-8,10-12H2,1-4H3/t16-,19-,20-,21-,22-,23+,24-/m1/s1. The second kappa shape index (κ2) is 5.39. The topological polar surface area (TPSA) is 74.4 Å². The van der Waals surface area contributed by atoms with E-state index in [-0.39, 0.29) is 34.5 Å². The minimum atomic E-state index is -0.599. The van der Waals surface area contributed by atoms with Crippen LogP contribution < -0.4 is 4.74 Å². The molecule has 6 heteroatoms. The number of carbonyl (C=O) groups excluding carboxylic acids is 2. The summed E-state index contributed by atoms with van der Waals surface area (Å²) in [6.07, 6.45) is 3.87. The van der Waals surface area contributed by atoms with Crippen LogP contribution in [0.25, 0.3) is 0 Å². The van der Waals surface area contributed by atoms with Crippen LogP contribution in [-0.2, 0) is 35.8 Å². The van der Waals surface area contributed by atoms with Crippen molar-refractivity contribution < 1.29 is 28.5 Å². The first-order valence-electron chi connectivity index (χ1n) is 11.0. The number of hydrogen-bond acceptors (Lipinski definition) is 6. The van der Waals surface area contributed by atoms with Crippen molar-refractivity contribution in [3.63, 3.8) is 0 Å². The predicted octanol–water partition coefficient (Wildman–Crippen LogP) is 3.29. The number of esters is 2. The molecule has 0 amide bonds. The molecule has 6 rings (SSSR count). The number of epoxide rings is 1. The molecule has 3 saturated carbocycles. The van der Waals surface area contributed by atoms with Gasteiger partial charge in [-0.15, -0.1) is 0 Å². The third-order valence-corrected chi connectivity index (χ3v) is 9.09.